The van der Waals surface area contributed by atoms with Crippen molar-refractivity contribution in [2.75, 3.05) is 16.8 Å². The van der Waals surface area contributed by atoms with Crippen LogP contribution in [-0.2, 0) is 4.79 Å². The van der Waals surface area contributed by atoms with Gasteiger partial charge in [0.2, 0.25) is 5.91 Å². The van der Waals surface area contributed by atoms with Crippen molar-refractivity contribution in [3.8, 4) is 0 Å². The van der Waals surface area contributed by atoms with Gasteiger partial charge in [-0.2, -0.15) is 11.8 Å². The number of benzene rings is 1. The average molecular weight is 352 g/mol. The van der Waals surface area contributed by atoms with E-state index in [1.54, 1.807) is 12.1 Å². The minimum Gasteiger partial charge on any atom is -0.325 e. The molecular weight excluding hydrogens is 336 g/mol. The van der Waals surface area contributed by atoms with Gasteiger partial charge in [0.05, 0.1) is 16.5 Å². The largest absolute Gasteiger partial charge is 0.325 e. The van der Waals surface area contributed by atoms with Gasteiger partial charge in [-0.15, -0.1) is 0 Å². The van der Waals surface area contributed by atoms with E-state index >= 15 is 0 Å². The number of nitrogens with one attached hydrogen (secondary N) is 1. The molecule has 1 aromatic carbocycles. The smallest absolute Gasteiger partial charge is 0.234 e. The molecule has 0 radical (unpaired) electrons. The Labute approximate surface area is 125 Å². The van der Waals surface area contributed by atoms with E-state index in [2.05, 4.69) is 21.2 Å². The normalized spacial score (nSPS) is 11.4. The molecule has 0 bridgehead atoms. The molecule has 1 aromatic rings. The summed E-state index contributed by atoms with van der Waals surface area (Å²) in [5, 5.41) is 3.29. The van der Waals surface area contributed by atoms with E-state index in [0.29, 0.717) is 16.5 Å². The molecule has 0 unspecified atom stereocenters. The van der Waals surface area contributed by atoms with Crippen molar-refractivity contribution < 1.29 is 4.79 Å². The molecule has 0 atom stereocenters. The summed E-state index contributed by atoms with van der Waals surface area (Å²) in [5.41, 5.74) is 6.20. The number of amides is 1. The van der Waals surface area contributed by atoms with E-state index < -0.39 is 0 Å². The summed E-state index contributed by atoms with van der Waals surface area (Å²) in [6.07, 6.45) is 0. The predicted octanol–water partition coefficient (Wildman–Crippen LogP) is 3.51. The Kier molecular flexibility index (Phi) is 5.98. The number of hydrogen-bond acceptors (Lipinski definition) is 3. The van der Waals surface area contributed by atoms with Crippen LogP contribution in [0.3, 0.4) is 0 Å². The summed E-state index contributed by atoms with van der Waals surface area (Å²) in [6, 6.07) is 5.34. The molecule has 3 nitrogen and oxygen atoms in total. The van der Waals surface area contributed by atoms with Crippen LogP contribution in [-0.4, -0.2) is 23.0 Å². The Morgan fingerprint density at radius 3 is 2.78 bits per heavy atom. The Morgan fingerprint density at radius 2 is 2.22 bits per heavy atom. The van der Waals surface area contributed by atoms with Gasteiger partial charge in [0.25, 0.3) is 0 Å². The third-order valence-corrected chi connectivity index (χ3v) is 4.13. The Morgan fingerprint density at radius 1 is 1.56 bits per heavy atom. The number of carbonyl (C=O) groups excluding carboxylic acids is 1. The number of hydrogen-bond donors (Lipinski definition) is 2. The van der Waals surface area contributed by atoms with Crippen LogP contribution in [0, 0.1) is 0 Å². The van der Waals surface area contributed by atoms with Gasteiger partial charge < -0.3 is 11.1 Å². The fourth-order valence-corrected chi connectivity index (χ4v) is 2.79. The van der Waals surface area contributed by atoms with E-state index in [1.807, 2.05) is 19.9 Å². The summed E-state index contributed by atoms with van der Waals surface area (Å²) in [5.74, 6) is 1.02. The Balaban J connectivity index is 2.45. The van der Waals surface area contributed by atoms with E-state index in [0.717, 1.165) is 10.2 Å². The highest BCUT2D eigenvalue weighted by molar-refractivity contribution is 9.10. The predicted molar refractivity (Wildman–Crippen MR) is 83.4 cm³/mol. The molecule has 0 aromatic heterocycles. The van der Waals surface area contributed by atoms with Crippen LogP contribution in [0.1, 0.15) is 13.8 Å². The molecule has 0 fully saturated rings. The highest BCUT2D eigenvalue weighted by Crippen LogP contribution is 2.25. The zero-order valence-electron chi connectivity index (χ0n) is 10.3. The van der Waals surface area contributed by atoms with E-state index in [9.17, 15) is 4.79 Å². The van der Waals surface area contributed by atoms with Gasteiger partial charge in [0.15, 0.2) is 0 Å². The highest BCUT2D eigenvalue weighted by atomic mass is 79.9. The lowest BCUT2D eigenvalue weighted by Crippen LogP contribution is -2.35. The number of carbonyl (C=O) groups is 1. The van der Waals surface area contributed by atoms with Crippen molar-refractivity contribution >= 4 is 50.9 Å². The minimum atomic E-state index is -0.264. The van der Waals surface area contributed by atoms with Crippen molar-refractivity contribution in [1.29, 1.82) is 0 Å². The molecule has 0 saturated carbocycles. The van der Waals surface area contributed by atoms with Gasteiger partial charge in [-0.3, -0.25) is 4.79 Å². The standard InChI is InChI=1S/C12H16BrClN2OS/c1-12(2,15)7-18-6-11(17)16-10-4-3-8(13)5-9(10)14/h3-5H,6-7,15H2,1-2H3,(H,16,17). The molecule has 100 valence electrons. The molecule has 1 amide bonds. The van der Waals surface area contributed by atoms with Crippen molar-refractivity contribution in [3.05, 3.63) is 27.7 Å². The molecule has 18 heavy (non-hydrogen) atoms. The lowest BCUT2D eigenvalue weighted by molar-refractivity contribution is -0.113. The molecule has 0 aliphatic heterocycles. The Hall–Kier alpha value is -0.230. The monoisotopic (exact) mass is 350 g/mol. The third-order valence-electron chi connectivity index (χ3n) is 1.91. The molecule has 1 rings (SSSR count). The minimum absolute atomic E-state index is 0.0755. The fourth-order valence-electron chi connectivity index (χ4n) is 1.18. The van der Waals surface area contributed by atoms with Crippen molar-refractivity contribution in [2.24, 2.45) is 5.73 Å². The first-order chi connectivity index (χ1) is 8.28. The van der Waals surface area contributed by atoms with Crippen LogP contribution in [0.25, 0.3) is 0 Å². The maximum atomic E-state index is 11.7. The number of halogens is 2. The van der Waals surface area contributed by atoms with Gasteiger partial charge in [-0.25, -0.2) is 0 Å². The fraction of sp³-hybridized carbons (Fsp3) is 0.417. The van der Waals surface area contributed by atoms with Crippen LogP contribution < -0.4 is 11.1 Å². The summed E-state index contributed by atoms with van der Waals surface area (Å²) < 4.78 is 0.879. The van der Waals surface area contributed by atoms with E-state index in [-0.39, 0.29) is 11.4 Å². The van der Waals surface area contributed by atoms with Crippen LogP contribution in [0.15, 0.2) is 22.7 Å². The Bertz CT molecular complexity index is 435. The van der Waals surface area contributed by atoms with Gasteiger partial charge in [0, 0.05) is 15.8 Å². The van der Waals surface area contributed by atoms with Crippen LogP contribution in [0.2, 0.25) is 5.02 Å². The second-order valence-electron chi connectivity index (χ2n) is 4.65. The molecular formula is C12H16BrClN2OS. The topological polar surface area (TPSA) is 55.1 Å². The van der Waals surface area contributed by atoms with Gasteiger partial charge in [-0.1, -0.05) is 27.5 Å². The molecule has 3 N–H and O–H groups in total. The number of nitrogens with two attached hydrogens (primary N) is 1. The van der Waals surface area contributed by atoms with Crippen LogP contribution in [0.5, 0.6) is 0 Å². The summed E-state index contributed by atoms with van der Waals surface area (Å²) in [4.78, 5) is 11.7. The van der Waals surface area contributed by atoms with Gasteiger partial charge in [0.1, 0.15) is 0 Å². The number of anilines is 1. The van der Waals surface area contributed by atoms with Gasteiger partial charge >= 0.3 is 0 Å². The summed E-state index contributed by atoms with van der Waals surface area (Å²) >= 11 is 10.8. The average Bonchev–Trinajstić information content (AvgIpc) is 2.20. The zero-order valence-corrected chi connectivity index (χ0v) is 13.5. The molecule has 0 spiro atoms. The van der Waals surface area contributed by atoms with E-state index in [1.165, 1.54) is 11.8 Å². The van der Waals surface area contributed by atoms with Crippen molar-refractivity contribution in [2.45, 2.75) is 19.4 Å². The highest BCUT2D eigenvalue weighted by Gasteiger charge is 2.12. The lowest BCUT2D eigenvalue weighted by Gasteiger charge is -2.17. The molecule has 0 aliphatic rings. The molecule has 6 heteroatoms. The lowest BCUT2D eigenvalue weighted by atomic mass is 10.1. The zero-order chi connectivity index (χ0) is 13.8. The van der Waals surface area contributed by atoms with Gasteiger partial charge in [-0.05, 0) is 32.0 Å². The first kappa shape index (κ1) is 15.8. The number of thioether (sulfide) groups is 1. The molecule has 0 saturated heterocycles. The van der Waals surface area contributed by atoms with Crippen LogP contribution in [0.4, 0.5) is 5.69 Å². The first-order valence-electron chi connectivity index (χ1n) is 5.39. The first-order valence-corrected chi connectivity index (χ1v) is 7.72. The summed E-state index contributed by atoms with van der Waals surface area (Å²) in [6.45, 7) is 3.87. The second-order valence-corrected chi connectivity index (χ2v) is 6.96. The number of rotatable bonds is 5. The third kappa shape index (κ3) is 6.09. The van der Waals surface area contributed by atoms with E-state index in [4.69, 9.17) is 17.3 Å². The maximum absolute atomic E-state index is 11.7. The maximum Gasteiger partial charge on any atom is 0.234 e. The quantitative estimate of drug-likeness (QED) is 0.853. The molecule has 0 aliphatic carbocycles. The van der Waals surface area contributed by atoms with Crippen LogP contribution >= 0.6 is 39.3 Å². The van der Waals surface area contributed by atoms with Crippen molar-refractivity contribution in [3.63, 3.8) is 0 Å². The second kappa shape index (κ2) is 6.80. The summed E-state index contributed by atoms with van der Waals surface area (Å²) in [7, 11) is 0. The molecule has 0 heterocycles. The van der Waals surface area contributed by atoms with Crippen molar-refractivity contribution in [1.82, 2.24) is 0 Å². The SMILES string of the molecule is CC(C)(N)CSCC(=O)Nc1ccc(Br)cc1Cl.